The molecule has 72 heavy (non-hydrogen) atoms. The first kappa shape index (κ1) is 44.3. The molecule has 1 heterocycles. The Hall–Kier alpha value is -8.87. The number of fused-ring (bicyclic) bond motifs is 6. The number of hydrogen-bond acceptors (Lipinski definition) is 2. The molecule has 348 valence electrons. The Morgan fingerprint density at radius 1 is 0.500 bits per heavy atom. The molecule has 0 aliphatic heterocycles. The standard InChI is InChI=1S/C66H47F3N2O/c1-4-45-23-33-53(34-24-45)72-54-35-28-48(29-36-54)65(47-15-7-5-8-16-47)60-21-13-11-19-55(60)56-37-32-52(42-61(56)65)70(51-30-26-49(27-31-51)66(67,68)69)64-40-43(2)58(39-44(64)3)46-25-38-63-59(41-46)57-20-12-14-22-62(57)71(63)50-17-9-6-10-18-50/h4-42H,1H2,2-3H3. The van der Waals surface area contributed by atoms with E-state index in [4.69, 9.17) is 4.74 Å². The lowest BCUT2D eigenvalue weighted by Crippen LogP contribution is -2.28. The molecule has 0 bridgehead atoms. The van der Waals surface area contributed by atoms with Crippen LogP contribution in [-0.4, -0.2) is 4.57 Å². The zero-order valence-electron chi connectivity index (χ0n) is 39.7. The Balaban J connectivity index is 1.02. The van der Waals surface area contributed by atoms with Gasteiger partial charge in [0.05, 0.1) is 22.0 Å². The highest BCUT2D eigenvalue weighted by atomic mass is 19.4. The van der Waals surface area contributed by atoms with Gasteiger partial charge in [-0.3, -0.25) is 0 Å². The van der Waals surface area contributed by atoms with Gasteiger partial charge in [-0.05, 0) is 178 Å². The van der Waals surface area contributed by atoms with Crippen molar-refractivity contribution in [3.8, 4) is 39.4 Å². The van der Waals surface area contributed by atoms with Crippen molar-refractivity contribution >= 4 is 44.9 Å². The molecule has 0 radical (unpaired) electrons. The van der Waals surface area contributed by atoms with Crippen LogP contribution in [0.2, 0.25) is 0 Å². The van der Waals surface area contributed by atoms with Crippen LogP contribution in [0.1, 0.15) is 44.5 Å². The fourth-order valence-corrected chi connectivity index (χ4v) is 11.0. The average molecular weight is 941 g/mol. The number of benzene rings is 10. The van der Waals surface area contributed by atoms with Gasteiger partial charge in [-0.1, -0.05) is 140 Å². The SMILES string of the molecule is C=Cc1ccc(Oc2ccc(C3(c4ccccc4)c4ccccc4-c4ccc(N(c5ccc(C(F)(F)F)cc5)c5cc(C)c(-c6ccc7c(c6)c6ccccc6n7-c6ccccc6)cc5C)cc43)cc2)cc1. The summed E-state index contributed by atoms with van der Waals surface area (Å²) in [5, 5.41) is 2.32. The normalized spacial score (nSPS) is 14.0. The Morgan fingerprint density at radius 3 is 1.83 bits per heavy atom. The Labute approximate surface area is 417 Å². The van der Waals surface area contributed by atoms with Crippen LogP contribution in [0.15, 0.2) is 237 Å². The quantitative estimate of drug-likeness (QED) is 0.136. The number of alkyl halides is 3. The van der Waals surface area contributed by atoms with Crippen LogP contribution >= 0.6 is 0 Å². The zero-order valence-corrected chi connectivity index (χ0v) is 39.7. The minimum absolute atomic E-state index is 0.608. The highest BCUT2D eigenvalue weighted by Gasteiger charge is 2.46. The molecule has 1 aromatic heterocycles. The molecule has 0 saturated carbocycles. The smallest absolute Gasteiger partial charge is 0.416 e. The largest absolute Gasteiger partial charge is 0.457 e. The fraction of sp³-hybridized carbons (Fsp3) is 0.0606. The lowest BCUT2D eigenvalue weighted by atomic mass is 9.67. The van der Waals surface area contributed by atoms with E-state index in [0.29, 0.717) is 11.4 Å². The number of hydrogen-bond donors (Lipinski definition) is 0. The molecule has 12 rings (SSSR count). The summed E-state index contributed by atoms with van der Waals surface area (Å²) in [4.78, 5) is 2.11. The van der Waals surface area contributed by atoms with Gasteiger partial charge in [0.15, 0.2) is 0 Å². The summed E-state index contributed by atoms with van der Waals surface area (Å²) in [7, 11) is 0. The molecular weight excluding hydrogens is 894 g/mol. The fourth-order valence-electron chi connectivity index (χ4n) is 11.0. The maximum Gasteiger partial charge on any atom is 0.416 e. The van der Waals surface area contributed by atoms with Gasteiger partial charge in [0.25, 0.3) is 0 Å². The second-order valence-corrected chi connectivity index (χ2v) is 18.5. The van der Waals surface area contributed by atoms with E-state index in [1.54, 1.807) is 18.2 Å². The lowest BCUT2D eigenvalue weighted by Gasteiger charge is -2.35. The summed E-state index contributed by atoms with van der Waals surface area (Å²) in [5.41, 5.74) is 15.9. The number of para-hydroxylation sites is 2. The topological polar surface area (TPSA) is 17.4 Å². The number of aryl methyl sites for hydroxylation is 2. The molecule has 0 saturated heterocycles. The van der Waals surface area contributed by atoms with E-state index < -0.39 is 17.2 Å². The van der Waals surface area contributed by atoms with Crippen LogP contribution in [0.5, 0.6) is 11.5 Å². The monoisotopic (exact) mass is 940 g/mol. The second-order valence-electron chi connectivity index (χ2n) is 18.5. The van der Waals surface area contributed by atoms with Gasteiger partial charge in [-0.15, -0.1) is 0 Å². The summed E-state index contributed by atoms with van der Waals surface area (Å²) in [6.07, 6.45) is -2.68. The third kappa shape index (κ3) is 7.37. The van der Waals surface area contributed by atoms with Crippen molar-refractivity contribution in [3.05, 3.63) is 282 Å². The van der Waals surface area contributed by atoms with Gasteiger partial charge in [-0.25, -0.2) is 0 Å². The van der Waals surface area contributed by atoms with E-state index >= 15 is 0 Å². The molecule has 1 aliphatic carbocycles. The van der Waals surface area contributed by atoms with Crippen molar-refractivity contribution in [3.63, 3.8) is 0 Å². The number of rotatable bonds is 10. The summed E-state index contributed by atoms with van der Waals surface area (Å²) < 4.78 is 51.2. The van der Waals surface area contributed by atoms with Gasteiger partial charge >= 0.3 is 6.18 Å². The summed E-state index contributed by atoms with van der Waals surface area (Å²) in [5.74, 6) is 1.43. The maximum absolute atomic E-state index is 14.2. The first-order valence-electron chi connectivity index (χ1n) is 24.1. The van der Waals surface area contributed by atoms with Crippen LogP contribution in [0.3, 0.4) is 0 Å². The van der Waals surface area contributed by atoms with E-state index in [1.165, 1.54) is 17.5 Å². The Bertz CT molecular complexity index is 3840. The van der Waals surface area contributed by atoms with E-state index in [0.717, 1.165) is 100 Å². The number of aromatic nitrogens is 1. The first-order valence-corrected chi connectivity index (χ1v) is 24.1. The molecular formula is C66H47F3N2O. The maximum atomic E-state index is 14.2. The van der Waals surface area contributed by atoms with Crippen molar-refractivity contribution in [2.45, 2.75) is 25.4 Å². The van der Waals surface area contributed by atoms with Gasteiger partial charge in [0.2, 0.25) is 0 Å². The van der Waals surface area contributed by atoms with Crippen molar-refractivity contribution in [2.75, 3.05) is 4.90 Å². The molecule has 1 atom stereocenters. The minimum Gasteiger partial charge on any atom is -0.457 e. The van der Waals surface area contributed by atoms with Crippen LogP contribution in [0.25, 0.3) is 55.8 Å². The average Bonchev–Trinajstić information content (AvgIpc) is 3.90. The Kier molecular flexibility index (Phi) is 10.8. The summed E-state index contributed by atoms with van der Waals surface area (Å²) in [6.45, 7) is 8.08. The number of halogens is 3. The van der Waals surface area contributed by atoms with E-state index in [2.05, 4.69) is 188 Å². The lowest BCUT2D eigenvalue weighted by molar-refractivity contribution is -0.137. The Morgan fingerprint density at radius 2 is 1.11 bits per heavy atom. The van der Waals surface area contributed by atoms with Gasteiger partial charge in [-0.2, -0.15) is 13.2 Å². The molecule has 0 N–H and O–H groups in total. The molecule has 0 fully saturated rings. The molecule has 10 aromatic carbocycles. The van der Waals surface area contributed by atoms with Gasteiger partial charge < -0.3 is 14.2 Å². The van der Waals surface area contributed by atoms with Gasteiger partial charge in [0, 0.05) is 33.5 Å². The van der Waals surface area contributed by atoms with Crippen LogP contribution < -0.4 is 9.64 Å². The first-order chi connectivity index (χ1) is 35.1. The molecule has 1 aliphatic rings. The molecule has 11 aromatic rings. The number of anilines is 3. The number of nitrogens with zero attached hydrogens (tertiary/aromatic N) is 2. The summed E-state index contributed by atoms with van der Waals surface area (Å²) >= 11 is 0. The van der Waals surface area contributed by atoms with Crippen molar-refractivity contribution in [1.82, 2.24) is 4.57 Å². The van der Waals surface area contributed by atoms with Crippen molar-refractivity contribution in [2.24, 2.45) is 0 Å². The molecule has 3 nitrogen and oxygen atoms in total. The zero-order chi connectivity index (χ0) is 49.1. The molecule has 0 amide bonds. The number of ether oxygens (including phenoxy) is 1. The predicted octanol–water partition coefficient (Wildman–Crippen LogP) is 18.4. The van der Waals surface area contributed by atoms with Gasteiger partial charge in [0.1, 0.15) is 11.5 Å². The minimum atomic E-state index is -4.49. The molecule has 1 unspecified atom stereocenters. The third-order valence-corrected chi connectivity index (χ3v) is 14.4. The van der Waals surface area contributed by atoms with E-state index in [-0.39, 0.29) is 0 Å². The van der Waals surface area contributed by atoms with Crippen LogP contribution in [-0.2, 0) is 11.6 Å². The molecule has 0 spiro atoms. The van der Waals surface area contributed by atoms with Crippen LogP contribution in [0.4, 0.5) is 30.2 Å². The highest BCUT2D eigenvalue weighted by Crippen LogP contribution is 2.58. The third-order valence-electron chi connectivity index (χ3n) is 14.4. The second kappa shape index (κ2) is 17.5. The highest BCUT2D eigenvalue weighted by molar-refractivity contribution is 6.10. The summed E-state index contributed by atoms with van der Waals surface area (Å²) in [6, 6.07) is 77.3. The van der Waals surface area contributed by atoms with E-state index in [1.807, 2.05) is 48.5 Å². The van der Waals surface area contributed by atoms with Crippen molar-refractivity contribution in [1.29, 1.82) is 0 Å². The van der Waals surface area contributed by atoms with Crippen LogP contribution in [0, 0.1) is 13.8 Å². The van der Waals surface area contributed by atoms with Crippen molar-refractivity contribution < 1.29 is 17.9 Å². The molecule has 6 heteroatoms. The van der Waals surface area contributed by atoms with E-state index in [9.17, 15) is 13.2 Å². The predicted molar refractivity (Wildman–Crippen MR) is 289 cm³/mol.